The predicted octanol–water partition coefficient (Wildman–Crippen LogP) is 0.403. The monoisotopic (exact) mass is 210 g/mol. The minimum Gasteiger partial charge on any atom is -0.0794 e. The van der Waals surface area contributed by atoms with Crippen LogP contribution in [0.15, 0.2) is 24.3 Å². The molecule has 1 aliphatic rings. The van der Waals surface area contributed by atoms with E-state index in [0.717, 1.165) is 5.54 Å². The molecule has 1 radical (unpaired) electrons. The summed E-state index contributed by atoms with van der Waals surface area (Å²) in [5.74, 6) is 0. The van der Waals surface area contributed by atoms with E-state index in [1.165, 1.54) is 11.1 Å². The van der Waals surface area contributed by atoms with Crippen LogP contribution in [0.3, 0.4) is 0 Å². The summed E-state index contributed by atoms with van der Waals surface area (Å²) in [4.78, 5) is 0. The molecule has 0 N–H and O–H groups in total. The molecule has 0 saturated heterocycles. The van der Waals surface area contributed by atoms with Crippen molar-refractivity contribution in [2.24, 2.45) is 0 Å². The molecule has 0 fully saturated rings. The second-order valence-corrected chi connectivity index (χ2v) is 6.82. The fraction of sp³-hybridized carbons (Fsp3) is 0.333. The van der Waals surface area contributed by atoms with Crippen molar-refractivity contribution in [3.05, 3.63) is 41.0 Å². The molecule has 67 valence electrons. The number of fused-ring (bicyclic) bond motifs is 1. The van der Waals surface area contributed by atoms with E-state index >= 15 is 0 Å². The molecule has 0 heterocycles. The third-order valence-corrected chi connectivity index (χ3v) is 4.42. The fourth-order valence-corrected chi connectivity index (χ4v) is 3.29. The Morgan fingerprint density at radius 3 is 2.57 bits per heavy atom. The topological polar surface area (TPSA) is 0 Å². The summed E-state index contributed by atoms with van der Waals surface area (Å²) in [5.41, 5.74) is 5.09. The van der Waals surface area contributed by atoms with E-state index in [2.05, 4.69) is 50.4 Å². The minimum atomic E-state index is -0.224. The van der Waals surface area contributed by atoms with Gasteiger partial charge in [0.15, 0.2) is 0 Å². The van der Waals surface area contributed by atoms with Crippen LogP contribution in [0, 0.1) is 6.92 Å². The van der Waals surface area contributed by atoms with Gasteiger partial charge >= 0.3 is 29.6 Å². The van der Waals surface area contributed by atoms with Gasteiger partial charge in [0.25, 0.3) is 0 Å². The molecule has 2 rings (SSSR count). The largest absolute Gasteiger partial charge is 1.00 e. The SMILES string of the molecule is Cc1ccc2c(c1)C=CC2[Si](C)C.[Na+]. The molecule has 1 aromatic rings. The summed E-state index contributed by atoms with van der Waals surface area (Å²) in [6.45, 7) is 6.93. The van der Waals surface area contributed by atoms with Crippen LogP contribution in [-0.4, -0.2) is 8.80 Å². The van der Waals surface area contributed by atoms with E-state index in [4.69, 9.17) is 0 Å². The van der Waals surface area contributed by atoms with Gasteiger partial charge in [0, 0.05) is 0 Å². The molecule has 0 nitrogen and oxygen atoms in total. The van der Waals surface area contributed by atoms with Crippen molar-refractivity contribution in [2.45, 2.75) is 25.6 Å². The summed E-state index contributed by atoms with van der Waals surface area (Å²) in [6.07, 6.45) is 4.66. The van der Waals surface area contributed by atoms with E-state index in [-0.39, 0.29) is 38.4 Å². The molecular formula is C12H15NaSi+. The van der Waals surface area contributed by atoms with Gasteiger partial charge in [-0.05, 0) is 23.6 Å². The van der Waals surface area contributed by atoms with Crippen LogP contribution in [0.1, 0.15) is 22.2 Å². The summed E-state index contributed by atoms with van der Waals surface area (Å²) in [6, 6.07) is 6.81. The Labute approximate surface area is 110 Å². The predicted molar refractivity (Wildman–Crippen MR) is 60.4 cm³/mol. The Morgan fingerprint density at radius 1 is 1.21 bits per heavy atom. The van der Waals surface area contributed by atoms with Crippen LogP contribution >= 0.6 is 0 Å². The average molecular weight is 210 g/mol. The van der Waals surface area contributed by atoms with Gasteiger partial charge in [0.1, 0.15) is 0 Å². The Kier molecular flexibility index (Phi) is 4.20. The Hall–Kier alpha value is 0.177. The maximum absolute atomic E-state index is 2.38. The van der Waals surface area contributed by atoms with Gasteiger partial charge in [-0.15, -0.1) is 0 Å². The zero-order valence-corrected chi connectivity index (χ0v) is 12.5. The first-order chi connectivity index (χ1) is 6.18. The van der Waals surface area contributed by atoms with Gasteiger partial charge in [-0.2, -0.15) is 0 Å². The molecule has 0 spiro atoms. The Bertz CT molecular complexity index is 355. The number of benzene rings is 1. The van der Waals surface area contributed by atoms with E-state index in [1.807, 2.05) is 0 Å². The third-order valence-electron chi connectivity index (χ3n) is 2.67. The Morgan fingerprint density at radius 2 is 1.93 bits per heavy atom. The van der Waals surface area contributed by atoms with Crippen molar-refractivity contribution in [3.63, 3.8) is 0 Å². The molecule has 0 saturated carbocycles. The molecule has 14 heavy (non-hydrogen) atoms. The average Bonchev–Trinajstić information content (AvgIpc) is 2.46. The Balaban J connectivity index is 0.000000980. The van der Waals surface area contributed by atoms with Crippen LogP contribution in [0.4, 0.5) is 0 Å². The van der Waals surface area contributed by atoms with E-state index in [9.17, 15) is 0 Å². The van der Waals surface area contributed by atoms with Gasteiger partial charge < -0.3 is 0 Å². The van der Waals surface area contributed by atoms with Crippen LogP contribution in [0.5, 0.6) is 0 Å². The molecular weight excluding hydrogens is 195 g/mol. The van der Waals surface area contributed by atoms with Gasteiger partial charge in [0.05, 0.1) is 8.80 Å². The molecule has 0 amide bonds. The summed E-state index contributed by atoms with van der Waals surface area (Å²) in [7, 11) is -0.224. The molecule has 0 aliphatic heterocycles. The van der Waals surface area contributed by atoms with E-state index in [1.54, 1.807) is 5.56 Å². The van der Waals surface area contributed by atoms with Gasteiger partial charge in [0.2, 0.25) is 0 Å². The summed E-state index contributed by atoms with van der Waals surface area (Å²) < 4.78 is 0. The number of rotatable bonds is 1. The zero-order valence-electron chi connectivity index (χ0n) is 9.46. The van der Waals surface area contributed by atoms with Crippen LogP contribution < -0.4 is 29.6 Å². The second-order valence-electron chi connectivity index (χ2n) is 4.05. The van der Waals surface area contributed by atoms with Crippen molar-refractivity contribution < 1.29 is 29.6 Å². The molecule has 1 aliphatic carbocycles. The van der Waals surface area contributed by atoms with E-state index < -0.39 is 0 Å². The normalized spacial score (nSPS) is 18.1. The molecule has 0 aromatic heterocycles. The molecule has 1 unspecified atom stereocenters. The first-order valence-corrected chi connectivity index (χ1v) is 7.35. The fourth-order valence-electron chi connectivity index (χ4n) is 1.93. The van der Waals surface area contributed by atoms with Gasteiger partial charge in [-0.25, -0.2) is 0 Å². The molecule has 1 aromatic carbocycles. The number of hydrogen-bond acceptors (Lipinski definition) is 0. The maximum atomic E-state index is 2.38. The number of aryl methyl sites for hydroxylation is 1. The van der Waals surface area contributed by atoms with Gasteiger partial charge in [-0.3, -0.25) is 0 Å². The van der Waals surface area contributed by atoms with Crippen molar-refractivity contribution in [3.8, 4) is 0 Å². The smallest absolute Gasteiger partial charge is 0.0794 e. The van der Waals surface area contributed by atoms with Crippen LogP contribution in [0.25, 0.3) is 6.08 Å². The van der Waals surface area contributed by atoms with Gasteiger partial charge in [-0.1, -0.05) is 49.0 Å². The van der Waals surface area contributed by atoms with Crippen molar-refractivity contribution >= 4 is 14.9 Å². The molecule has 2 heteroatoms. The summed E-state index contributed by atoms with van der Waals surface area (Å²) >= 11 is 0. The standard InChI is InChI=1S/C12H15Si.Na/c1-9-4-6-11-10(8-9)5-7-12(11)13(2)3;/h4-8,12H,1-3H3;/q;+1. The van der Waals surface area contributed by atoms with E-state index in [0.29, 0.717) is 0 Å². The zero-order chi connectivity index (χ0) is 9.42. The minimum absolute atomic E-state index is 0. The van der Waals surface area contributed by atoms with Crippen LogP contribution in [0.2, 0.25) is 13.1 Å². The van der Waals surface area contributed by atoms with Crippen molar-refractivity contribution in [2.75, 3.05) is 0 Å². The van der Waals surface area contributed by atoms with Crippen molar-refractivity contribution in [1.29, 1.82) is 0 Å². The maximum Gasteiger partial charge on any atom is 1.00 e. The first kappa shape index (κ1) is 12.2. The third kappa shape index (κ3) is 2.22. The van der Waals surface area contributed by atoms with Crippen LogP contribution in [-0.2, 0) is 0 Å². The molecule has 1 atom stereocenters. The quantitative estimate of drug-likeness (QED) is 0.589. The van der Waals surface area contributed by atoms with Crippen molar-refractivity contribution in [1.82, 2.24) is 0 Å². The first-order valence-electron chi connectivity index (χ1n) is 4.77. The summed E-state index contributed by atoms with van der Waals surface area (Å²) in [5, 5.41) is 0. The number of allylic oxidation sites excluding steroid dienone is 1. The molecule has 0 bridgehead atoms. The second kappa shape index (κ2) is 4.80. The number of hydrogen-bond donors (Lipinski definition) is 0.